The largest absolute Gasteiger partial charge is 0.0952 e. The van der Waals surface area contributed by atoms with Gasteiger partial charge in [0.2, 0.25) is 0 Å². The van der Waals surface area contributed by atoms with Gasteiger partial charge in [0.15, 0.2) is 0 Å². The lowest BCUT2D eigenvalue weighted by Gasteiger charge is -2.22. The topological polar surface area (TPSA) is 0 Å². The molecule has 1 saturated carbocycles. The van der Waals surface area contributed by atoms with Crippen LogP contribution in [0.1, 0.15) is 44.1 Å². The average molecular weight is 200 g/mol. The Kier molecular flexibility index (Phi) is 3.60. The molecule has 0 aliphatic heterocycles. The summed E-state index contributed by atoms with van der Waals surface area (Å²) in [5.74, 6) is 0.895. The van der Waals surface area contributed by atoms with Crippen LogP contribution in [0.2, 0.25) is 0 Å². The summed E-state index contributed by atoms with van der Waals surface area (Å²) in [6.45, 7) is 4.22. The first-order chi connectivity index (χ1) is 7.36. The maximum atomic E-state index is 4.22. The third-order valence-corrected chi connectivity index (χ3v) is 3.44. The van der Waals surface area contributed by atoms with Gasteiger partial charge in [-0.15, -0.1) is 0 Å². The maximum Gasteiger partial charge on any atom is -0.0230 e. The molecule has 0 spiro atoms. The van der Waals surface area contributed by atoms with Gasteiger partial charge < -0.3 is 0 Å². The molecule has 1 fully saturated rings. The van der Waals surface area contributed by atoms with E-state index >= 15 is 0 Å². The number of hydrogen-bond donors (Lipinski definition) is 0. The van der Waals surface area contributed by atoms with Gasteiger partial charge in [-0.3, -0.25) is 0 Å². The van der Waals surface area contributed by atoms with Crippen molar-refractivity contribution >= 4 is 5.57 Å². The zero-order valence-corrected chi connectivity index (χ0v) is 9.41. The van der Waals surface area contributed by atoms with Crippen LogP contribution >= 0.6 is 0 Å². The molecule has 15 heavy (non-hydrogen) atoms. The van der Waals surface area contributed by atoms with Crippen molar-refractivity contribution in [2.75, 3.05) is 0 Å². The van der Waals surface area contributed by atoms with Crippen LogP contribution in [0, 0.1) is 5.92 Å². The Balaban J connectivity index is 1.91. The van der Waals surface area contributed by atoms with Crippen molar-refractivity contribution < 1.29 is 0 Å². The van der Waals surface area contributed by atoms with Gasteiger partial charge in [-0.2, -0.15) is 0 Å². The fraction of sp³-hybridized carbons (Fsp3) is 0.467. The van der Waals surface area contributed by atoms with Crippen LogP contribution in [0.4, 0.5) is 0 Å². The van der Waals surface area contributed by atoms with Gasteiger partial charge in [0, 0.05) is 0 Å². The van der Waals surface area contributed by atoms with Gasteiger partial charge in [0.25, 0.3) is 0 Å². The number of hydrogen-bond acceptors (Lipinski definition) is 0. The number of rotatable bonds is 3. The lowest BCUT2D eigenvalue weighted by Crippen LogP contribution is -2.06. The molecule has 80 valence electrons. The minimum atomic E-state index is 0.895. The molecular weight excluding hydrogens is 180 g/mol. The Morgan fingerprint density at radius 1 is 1.07 bits per heavy atom. The molecule has 0 heteroatoms. The molecule has 0 aromatic heterocycles. The molecule has 0 heterocycles. The first-order valence-corrected chi connectivity index (χ1v) is 6.09. The minimum absolute atomic E-state index is 0.895. The monoisotopic (exact) mass is 200 g/mol. The Hall–Kier alpha value is -1.04. The van der Waals surface area contributed by atoms with Crippen LogP contribution in [0.5, 0.6) is 0 Å². The summed E-state index contributed by atoms with van der Waals surface area (Å²) in [4.78, 5) is 0. The van der Waals surface area contributed by atoms with Crippen LogP contribution in [0.3, 0.4) is 0 Å². The Labute approximate surface area is 93.0 Å². The molecule has 0 bridgehead atoms. The van der Waals surface area contributed by atoms with Crippen LogP contribution in [-0.2, 0) is 0 Å². The van der Waals surface area contributed by atoms with Crippen molar-refractivity contribution in [3.05, 3.63) is 42.5 Å². The maximum absolute atomic E-state index is 4.22. The standard InChI is InChI=1S/C15H20/c1-13(15-10-6-3-7-11-15)12-14-8-4-2-5-9-14/h3,6-7,10-11,14H,1-2,4-5,8-9,12H2. The van der Waals surface area contributed by atoms with Gasteiger partial charge >= 0.3 is 0 Å². The average Bonchev–Trinajstić information content (AvgIpc) is 2.31. The second kappa shape index (κ2) is 5.16. The fourth-order valence-corrected chi connectivity index (χ4v) is 2.53. The molecule has 2 rings (SSSR count). The predicted molar refractivity (Wildman–Crippen MR) is 66.7 cm³/mol. The van der Waals surface area contributed by atoms with E-state index in [0.29, 0.717) is 0 Å². The van der Waals surface area contributed by atoms with Crippen molar-refractivity contribution in [2.24, 2.45) is 5.92 Å². The van der Waals surface area contributed by atoms with Gasteiger partial charge in [0.05, 0.1) is 0 Å². The van der Waals surface area contributed by atoms with Crippen LogP contribution in [0.25, 0.3) is 5.57 Å². The van der Waals surface area contributed by atoms with E-state index in [4.69, 9.17) is 0 Å². The molecule has 0 saturated heterocycles. The molecule has 1 aromatic carbocycles. The van der Waals surface area contributed by atoms with Crippen molar-refractivity contribution in [3.8, 4) is 0 Å². The summed E-state index contributed by atoms with van der Waals surface area (Å²) in [7, 11) is 0. The summed E-state index contributed by atoms with van der Waals surface area (Å²) in [6.07, 6.45) is 8.30. The highest BCUT2D eigenvalue weighted by Crippen LogP contribution is 2.31. The molecule has 1 aliphatic rings. The molecule has 0 N–H and O–H groups in total. The van der Waals surface area contributed by atoms with Gasteiger partial charge in [-0.1, -0.05) is 69.0 Å². The highest BCUT2D eigenvalue weighted by Gasteiger charge is 2.14. The molecule has 1 aliphatic carbocycles. The quantitative estimate of drug-likeness (QED) is 0.665. The van der Waals surface area contributed by atoms with E-state index in [0.717, 1.165) is 5.92 Å². The molecule has 0 amide bonds. The van der Waals surface area contributed by atoms with Gasteiger partial charge in [-0.25, -0.2) is 0 Å². The van der Waals surface area contributed by atoms with E-state index in [2.05, 4.69) is 36.9 Å². The molecule has 1 aromatic rings. The first kappa shape index (κ1) is 10.5. The zero-order valence-electron chi connectivity index (χ0n) is 9.41. The molecule has 0 nitrogen and oxygen atoms in total. The van der Waals surface area contributed by atoms with Crippen molar-refractivity contribution in [3.63, 3.8) is 0 Å². The van der Waals surface area contributed by atoms with E-state index in [1.807, 2.05) is 0 Å². The Morgan fingerprint density at radius 3 is 2.40 bits per heavy atom. The van der Waals surface area contributed by atoms with Crippen molar-refractivity contribution in [1.29, 1.82) is 0 Å². The summed E-state index contributed by atoms with van der Waals surface area (Å²) in [6, 6.07) is 10.6. The lowest BCUT2D eigenvalue weighted by atomic mass is 9.84. The second-order valence-corrected chi connectivity index (χ2v) is 4.68. The summed E-state index contributed by atoms with van der Waals surface area (Å²) >= 11 is 0. The van der Waals surface area contributed by atoms with E-state index in [-0.39, 0.29) is 0 Å². The van der Waals surface area contributed by atoms with E-state index in [1.165, 1.54) is 49.7 Å². The van der Waals surface area contributed by atoms with E-state index < -0.39 is 0 Å². The predicted octanol–water partition coefficient (Wildman–Crippen LogP) is 4.67. The molecular formula is C15H20. The summed E-state index contributed by atoms with van der Waals surface area (Å²) in [5.41, 5.74) is 2.64. The highest BCUT2D eigenvalue weighted by molar-refractivity contribution is 5.63. The van der Waals surface area contributed by atoms with Gasteiger partial charge in [0.1, 0.15) is 0 Å². The highest BCUT2D eigenvalue weighted by atomic mass is 14.2. The summed E-state index contributed by atoms with van der Waals surface area (Å²) in [5, 5.41) is 0. The molecule has 0 radical (unpaired) electrons. The fourth-order valence-electron chi connectivity index (χ4n) is 2.53. The van der Waals surface area contributed by atoms with Crippen molar-refractivity contribution in [1.82, 2.24) is 0 Å². The first-order valence-electron chi connectivity index (χ1n) is 6.09. The third kappa shape index (κ3) is 2.95. The smallest absolute Gasteiger partial charge is 0.0230 e. The lowest BCUT2D eigenvalue weighted by molar-refractivity contribution is 0.365. The molecule has 0 atom stereocenters. The normalized spacial score (nSPS) is 17.6. The van der Waals surface area contributed by atoms with Crippen molar-refractivity contribution in [2.45, 2.75) is 38.5 Å². The van der Waals surface area contributed by atoms with Crippen LogP contribution in [0.15, 0.2) is 36.9 Å². The Morgan fingerprint density at radius 2 is 1.73 bits per heavy atom. The molecule has 0 unspecified atom stereocenters. The van der Waals surface area contributed by atoms with Gasteiger partial charge in [-0.05, 0) is 23.5 Å². The van der Waals surface area contributed by atoms with E-state index in [9.17, 15) is 0 Å². The minimum Gasteiger partial charge on any atom is -0.0952 e. The SMILES string of the molecule is C=C(CC1CCCCC1)c1ccccc1. The second-order valence-electron chi connectivity index (χ2n) is 4.68. The summed E-state index contributed by atoms with van der Waals surface area (Å²) < 4.78 is 0. The third-order valence-electron chi connectivity index (χ3n) is 3.44. The van der Waals surface area contributed by atoms with Crippen LogP contribution < -0.4 is 0 Å². The number of allylic oxidation sites excluding steroid dienone is 1. The van der Waals surface area contributed by atoms with E-state index in [1.54, 1.807) is 0 Å². The van der Waals surface area contributed by atoms with Crippen LogP contribution in [-0.4, -0.2) is 0 Å². The Bertz CT molecular complexity index is 304. The number of benzene rings is 1. The zero-order chi connectivity index (χ0) is 10.5.